The zero-order chi connectivity index (χ0) is 11.2. The first-order valence-corrected chi connectivity index (χ1v) is 6.70. The van der Waals surface area contributed by atoms with Crippen LogP contribution in [-0.2, 0) is 9.84 Å². The molecule has 0 aliphatic carbocycles. The maximum Gasteiger partial charge on any atom is 0.179 e. The number of hydrogen-bond acceptors (Lipinski definition) is 3. The highest BCUT2D eigenvalue weighted by Crippen LogP contribution is 2.38. The Labute approximate surface area is 90.2 Å². The van der Waals surface area contributed by atoms with Crippen LogP contribution in [0.15, 0.2) is 23.1 Å². The van der Waals surface area contributed by atoms with Crippen molar-refractivity contribution in [2.24, 2.45) is 5.73 Å². The van der Waals surface area contributed by atoms with Crippen molar-refractivity contribution in [3.63, 3.8) is 0 Å². The minimum Gasteiger partial charge on any atom is -0.324 e. The van der Waals surface area contributed by atoms with Gasteiger partial charge < -0.3 is 5.73 Å². The van der Waals surface area contributed by atoms with Gasteiger partial charge in [-0.25, -0.2) is 8.42 Å². The highest BCUT2D eigenvalue weighted by molar-refractivity contribution is 7.91. The number of sulfone groups is 1. The van der Waals surface area contributed by atoms with Crippen LogP contribution in [0.1, 0.15) is 36.9 Å². The molecule has 2 atom stereocenters. The van der Waals surface area contributed by atoms with Crippen molar-refractivity contribution in [3.8, 4) is 0 Å². The standard InChI is InChI=1S/C11H15NO2S/c1-7-6-15(13,14)11-9(7)4-3-5-10(11)8(2)12/h3-5,7-8H,6,12H2,1-2H3. The van der Waals surface area contributed by atoms with Crippen molar-refractivity contribution >= 4 is 9.84 Å². The van der Waals surface area contributed by atoms with E-state index < -0.39 is 9.84 Å². The van der Waals surface area contributed by atoms with E-state index in [0.717, 1.165) is 11.1 Å². The third kappa shape index (κ3) is 1.58. The SMILES string of the molecule is CC(N)c1cccc2c1S(=O)(=O)CC2C. The molecule has 15 heavy (non-hydrogen) atoms. The molecule has 4 heteroatoms. The molecule has 3 nitrogen and oxygen atoms in total. The van der Waals surface area contributed by atoms with Gasteiger partial charge in [-0.15, -0.1) is 0 Å². The highest BCUT2D eigenvalue weighted by Gasteiger charge is 2.34. The fraction of sp³-hybridized carbons (Fsp3) is 0.455. The predicted molar refractivity (Wildman–Crippen MR) is 59.5 cm³/mol. The summed E-state index contributed by atoms with van der Waals surface area (Å²) in [5.74, 6) is 0.301. The number of hydrogen-bond donors (Lipinski definition) is 1. The highest BCUT2D eigenvalue weighted by atomic mass is 32.2. The Morgan fingerprint density at radius 1 is 1.47 bits per heavy atom. The van der Waals surface area contributed by atoms with Gasteiger partial charge in [0.05, 0.1) is 10.6 Å². The van der Waals surface area contributed by atoms with Crippen LogP contribution in [-0.4, -0.2) is 14.2 Å². The average molecular weight is 225 g/mol. The van der Waals surface area contributed by atoms with Crippen LogP contribution in [0.3, 0.4) is 0 Å². The third-order valence-corrected chi connectivity index (χ3v) is 4.91. The van der Waals surface area contributed by atoms with Gasteiger partial charge in [0, 0.05) is 6.04 Å². The molecule has 0 fully saturated rings. The molecule has 0 amide bonds. The zero-order valence-corrected chi connectivity index (χ0v) is 9.71. The summed E-state index contributed by atoms with van der Waals surface area (Å²) in [5, 5.41) is 0. The number of benzene rings is 1. The van der Waals surface area contributed by atoms with Crippen molar-refractivity contribution in [3.05, 3.63) is 29.3 Å². The maximum absolute atomic E-state index is 11.9. The van der Waals surface area contributed by atoms with Crippen LogP contribution in [0.25, 0.3) is 0 Å². The lowest BCUT2D eigenvalue weighted by atomic mass is 9.99. The molecule has 0 spiro atoms. The van der Waals surface area contributed by atoms with Crippen LogP contribution in [0.5, 0.6) is 0 Å². The number of nitrogens with two attached hydrogens (primary N) is 1. The van der Waals surface area contributed by atoms with Crippen LogP contribution in [0, 0.1) is 0 Å². The topological polar surface area (TPSA) is 60.2 Å². The smallest absolute Gasteiger partial charge is 0.179 e. The lowest BCUT2D eigenvalue weighted by molar-refractivity contribution is 0.596. The van der Waals surface area contributed by atoms with Crippen LogP contribution < -0.4 is 5.73 Å². The molecule has 0 aromatic heterocycles. The minimum atomic E-state index is -3.11. The van der Waals surface area contributed by atoms with Gasteiger partial charge in [0.15, 0.2) is 9.84 Å². The Morgan fingerprint density at radius 3 is 2.73 bits per heavy atom. The molecule has 1 aliphatic rings. The minimum absolute atomic E-state index is 0.0868. The van der Waals surface area contributed by atoms with E-state index in [0.29, 0.717) is 4.90 Å². The Morgan fingerprint density at radius 2 is 2.13 bits per heavy atom. The molecular weight excluding hydrogens is 210 g/mol. The molecule has 1 aliphatic heterocycles. The Hall–Kier alpha value is -0.870. The zero-order valence-electron chi connectivity index (χ0n) is 8.90. The first-order chi connectivity index (χ1) is 6.93. The summed E-state index contributed by atoms with van der Waals surface area (Å²) in [6.45, 7) is 3.75. The quantitative estimate of drug-likeness (QED) is 0.789. The van der Waals surface area contributed by atoms with Gasteiger partial charge in [0.2, 0.25) is 0 Å². The van der Waals surface area contributed by atoms with E-state index in [1.807, 2.05) is 26.0 Å². The summed E-state index contributed by atoms with van der Waals surface area (Å²) in [6.07, 6.45) is 0. The largest absolute Gasteiger partial charge is 0.324 e. The lowest BCUT2D eigenvalue weighted by Crippen LogP contribution is -2.11. The first-order valence-electron chi connectivity index (χ1n) is 5.04. The normalized spacial score (nSPS) is 24.9. The Bertz CT molecular complexity index is 491. The van der Waals surface area contributed by atoms with Crippen molar-refractivity contribution in [1.29, 1.82) is 0 Å². The van der Waals surface area contributed by atoms with Gasteiger partial charge in [0.1, 0.15) is 0 Å². The third-order valence-electron chi connectivity index (χ3n) is 2.88. The van der Waals surface area contributed by atoms with Gasteiger partial charge in [-0.3, -0.25) is 0 Å². The first kappa shape index (κ1) is 10.6. The molecule has 1 aromatic rings. The molecule has 0 radical (unpaired) electrons. The molecule has 0 saturated heterocycles. The van der Waals surface area contributed by atoms with Gasteiger partial charge >= 0.3 is 0 Å². The fourth-order valence-electron chi connectivity index (χ4n) is 2.18. The van der Waals surface area contributed by atoms with Crippen molar-refractivity contribution in [1.82, 2.24) is 0 Å². The van der Waals surface area contributed by atoms with E-state index in [9.17, 15) is 8.42 Å². The molecule has 1 aromatic carbocycles. The van der Waals surface area contributed by atoms with Crippen molar-refractivity contribution in [2.45, 2.75) is 30.7 Å². The van der Waals surface area contributed by atoms with Gasteiger partial charge in [-0.05, 0) is 24.0 Å². The van der Waals surface area contributed by atoms with Gasteiger partial charge in [-0.2, -0.15) is 0 Å². The van der Waals surface area contributed by atoms with E-state index in [4.69, 9.17) is 5.73 Å². The Balaban J connectivity index is 2.76. The summed E-state index contributed by atoms with van der Waals surface area (Å²) < 4.78 is 23.9. The number of rotatable bonds is 1. The predicted octanol–water partition coefficient (Wildman–Crippen LogP) is 1.60. The monoisotopic (exact) mass is 225 g/mol. The van der Waals surface area contributed by atoms with E-state index >= 15 is 0 Å². The van der Waals surface area contributed by atoms with E-state index in [1.54, 1.807) is 6.07 Å². The fourth-order valence-corrected chi connectivity index (χ4v) is 4.43. The second kappa shape index (κ2) is 3.32. The molecule has 0 saturated carbocycles. The van der Waals surface area contributed by atoms with Crippen LogP contribution in [0.2, 0.25) is 0 Å². The summed E-state index contributed by atoms with van der Waals surface area (Å²) in [7, 11) is -3.11. The van der Waals surface area contributed by atoms with Gasteiger partial charge in [0.25, 0.3) is 0 Å². The Kier molecular flexibility index (Phi) is 2.35. The van der Waals surface area contributed by atoms with Crippen molar-refractivity contribution in [2.75, 3.05) is 5.75 Å². The van der Waals surface area contributed by atoms with E-state index in [1.165, 1.54) is 0 Å². The van der Waals surface area contributed by atoms with Gasteiger partial charge in [-0.1, -0.05) is 25.1 Å². The summed E-state index contributed by atoms with van der Waals surface area (Å²) in [5.41, 5.74) is 7.46. The molecule has 2 unspecified atom stereocenters. The van der Waals surface area contributed by atoms with E-state index in [-0.39, 0.29) is 17.7 Å². The second-order valence-electron chi connectivity index (χ2n) is 4.24. The molecule has 1 heterocycles. The molecule has 0 bridgehead atoms. The summed E-state index contributed by atoms with van der Waals surface area (Å²) >= 11 is 0. The second-order valence-corrected chi connectivity index (χ2v) is 6.21. The van der Waals surface area contributed by atoms with Crippen LogP contribution >= 0.6 is 0 Å². The summed E-state index contributed by atoms with van der Waals surface area (Å²) in [6, 6.07) is 5.34. The van der Waals surface area contributed by atoms with E-state index in [2.05, 4.69) is 0 Å². The summed E-state index contributed by atoms with van der Waals surface area (Å²) in [4.78, 5) is 0.479. The average Bonchev–Trinajstić information content (AvgIpc) is 2.37. The molecule has 2 rings (SSSR count). The molecule has 82 valence electrons. The maximum atomic E-state index is 11.9. The molecule has 2 N–H and O–H groups in total. The number of fused-ring (bicyclic) bond motifs is 1. The molecular formula is C11H15NO2S. The van der Waals surface area contributed by atoms with Crippen molar-refractivity contribution < 1.29 is 8.42 Å². The van der Waals surface area contributed by atoms with Crippen LogP contribution in [0.4, 0.5) is 0 Å². The lowest BCUT2D eigenvalue weighted by Gasteiger charge is -2.11.